The summed E-state index contributed by atoms with van der Waals surface area (Å²) in [5.41, 5.74) is -0.567. The topological polar surface area (TPSA) is 32.3 Å². The summed E-state index contributed by atoms with van der Waals surface area (Å²) in [7, 11) is 0. The van der Waals surface area contributed by atoms with Crippen molar-refractivity contribution in [3.8, 4) is 0 Å². The Hall–Kier alpha value is -0.380. The van der Waals surface area contributed by atoms with E-state index in [9.17, 15) is 5.11 Å². The predicted octanol–water partition coefficient (Wildman–Crippen LogP) is 2.56. The van der Waals surface area contributed by atoms with Crippen molar-refractivity contribution in [2.75, 3.05) is 6.54 Å². The standard InChI is InChI=1S/C11H19NOS/c1-9(10-5-4-8-14-10)12-7-6-11(2,3)13/h4-5,8-9,12-13H,6-7H2,1-3H3/t9-/m0/s1. The molecule has 1 aromatic heterocycles. The fourth-order valence-corrected chi connectivity index (χ4v) is 1.99. The molecule has 2 nitrogen and oxygen atoms in total. The van der Waals surface area contributed by atoms with Crippen molar-refractivity contribution >= 4 is 11.3 Å². The number of hydrogen-bond acceptors (Lipinski definition) is 3. The van der Waals surface area contributed by atoms with Crippen LogP contribution in [0, 0.1) is 0 Å². The van der Waals surface area contributed by atoms with Crippen molar-refractivity contribution in [1.29, 1.82) is 0 Å². The molecule has 0 amide bonds. The summed E-state index contributed by atoms with van der Waals surface area (Å²) in [5.74, 6) is 0. The molecule has 1 aromatic rings. The van der Waals surface area contributed by atoms with E-state index in [0.717, 1.165) is 13.0 Å². The Morgan fingerprint density at radius 3 is 2.79 bits per heavy atom. The zero-order valence-electron chi connectivity index (χ0n) is 9.08. The number of hydrogen-bond donors (Lipinski definition) is 2. The third-order valence-electron chi connectivity index (χ3n) is 2.16. The normalized spacial score (nSPS) is 14.3. The summed E-state index contributed by atoms with van der Waals surface area (Å²) in [6.45, 7) is 6.67. The highest BCUT2D eigenvalue weighted by atomic mass is 32.1. The second-order valence-electron chi connectivity index (χ2n) is 4.25. The molecule has 0 fully saturated rings. The molecule has 3 heteroatoms. The van der Waals surface area contributed by atoms with Gasteiger partial charge in [0.05, 0.1) is 5.60 Å². The third-order valence-corrected chi connectivity index (χ3v) is 3.21. The molecule has 0 aliphatic heterocycles. The van der Waals surface area contributed by atoms with E-state index in [1.807, 2.05) is 13.8 Å². The maximum Gasteiger partial charge on any atom is 0.0603 e. The van der Waals surface area contributed by atoms with Crippen molar-refractivity contribution < 1.29 is 5.11 Å². The SMILES string of the molecule is C[C@H](NCCC(C)(C)O)c1cccs1. The van der Waals surface area contributed by atoms with Crippen LogP contribution in [0.15, 0.2) is 17.5 Å². The molecule has 0 aromatic carbocycles. The minimum atomic E-state index is -0.567. The quantitative estimate of drug-likeness (QED) is 0.788. The van der Waals surface area contributed by atoms with Gasteiger partial charge in [-0.05, 0) is 45.2 Å². The minimum Gasteiger partial charge on any atom is -0.390 e. The second kappa shape index (κ2) is 4.91. The summed E-state index contributed by atoms with van der Waals surface area (Å²) in [5, 5.41) is 15.0. The Morgan fingerprint density at radius 2 is 2.29 bits per heavy atom. The second-order valence-corrected chi connectivity index (χ2v) is 5.23. The first-order valence-electron chi connectivity index (χ1n) is 4.98. The van der Waals surface area contributed by atoms with E-state index >= 15 is 0 Å². The fraction of sp³-hybridized carbons (Fsp3) is 0.636. The monoisotopic (exact) mass is 213 g/mol. The molecule has 1 rings (SSSR count). The van der Waals surface area contributed by atoms with Gasteiger partial charge in [-0.1, -0.05) is 6.07 Å². The summed E-state index contributed by atoms with van der Waals surface area (Å²) in [4.78, 5) is 1.35. The van der Waals surface area contributed by atoms with Crippen molar-refractivity contribution in [2.45, 2.75) is 38.8 Å². The van der Waals surface area contributed by atoms with Gasteiger partial charge in [-0.2, -0.15) is 0 Å². The third kappa shape index (κ3) is 4.22. The smallest absolute Gasteiger partial charge is 0.0603 e. The van der Waals surface area contributed by atoms with Gasteiger partial charge in [0.25, 0.3) is 0 Å². The molecule has 1 heterocycles. The van der Waals surface area contributed by atoms with Crippen LogP contribution < -0.4 is 5.32 Å². The predicted molar refractivity (Wildman–Crippen MR) is 61.7 cm³/mol. The molecule has 0 bridgehead atoms. The fourth-order valence-electron chi connectivity index (χ4n) is 1.23. The van der Waals surface area contributed by atoms with Crippen LogP contribution >= 0.6 is 11.3 Å². The van der Waals surface area contributed by atoms with Crippen molar-refractivity contribution in [3.05, 3.63) is 22.4 Å². The first-order valence-corrected chi connectivity index (χ1v) is 5.86. The van der Waals surface area contributed by atoms with E-state index in [1.54, 1.807) is 11.3 Å². The Balaban J connectivity index is 2.26. The number of thiophene rings is 1. The number of nitrogens with one attached hydrogen (secondary N) is 1. The van der Waals surface area contributed by atoms with Crippen LogP contribution in [0.2, 0.25) is 0 Å². The Labute approximate surface area is 90.0 Å². The van der Waals surface area contributed by atoms with Gasteiger partial charge < -0.3 is 10.4 Å². The summed E-state index contributed by atoms with van der Waals surface area (Å²) >= 11 is 1.76. The van der Waals surface area contributed by atoms with Gasteiger partial charge in [0.15, 0.2) is 0 Å². The van der Waals surface area contributed by atoms with Crippen LogP contribution in [-0.2, 0) is 0 Å². The van der Waals surface area contributed by atoms with Gasteiger partial charge in [-0.25, -0.2) is 0 Å². The maximum absolute atomic E-state index is 9.52. The largest absolute Gasteiger partial charge is 0.390 e. The van der Waals surface area contributed by atoms with Crippen molar-refractivity contribution in [2.24, 2.45) is 0 Å². The molecular weight excluding hydrogens is 194 g/mol. The highest BCUT2D eigenvalue weighted by molar-refractivity contribution is 7.10. The van der Waals surface area contributed by atoms with E-state index in [-0.39, 0.29) is 0 Å². The molecule has 80 valence electrons. The van der Waals surface area contributed by atoms with Gasteiger partial charge in [0, 0.05) is 10.9 Å². The molecule has 0 radical (unpaired) electrons. The van der Waals surface area contributed by atoms with Crippen molar-refractivity contribution in [3.63, 3.8) is 0 Å². The Morgan fingerprint density at radius 1 is 1.57 bits per heavy atom. The van der Waals surface area contributed by atoms with E-state index in [0.29, 0.717) is 6.04 Å². The van der Waals surface area contributed by atoms with Crippen LogP contribution in [0.1, 0.15) is 38.1 Å². The van der Waals surface area contributed by atoms with Gasteiger partial charge in [-0.15, -0.1) is 11.3 Å². The average molecular weight is 213 g/mol. The number of aliphatic hydroxyl groups is 1. The van der Waals surface area contributed by atoms with E-state index < -0.39 is 5.60 Å². The van der Waals surface area contributed by atoms with E-state index in [2.05, 4.69) is 29.8 Å². The average Bonchev–Trinajstić information content (AvgIpc) is 2.53. The zero-order valence-corrected chi connectivity index (χ0v) is 9.90. The maximum atomic E-state index is 9.52. The Bertz CT molecular complexity index is 251. The molecule has 2 N–H and O–H groups in total. The lowest BCUT2D eigenvalue weighted by Crippen LogP contribution is -2.28. The molecule has 0 spiro atoms. The van der Waals surface area contributed by atoms with Gasteiger partial charge >= 0.3 is 0 Å². The van der Waals surface area contributed by atoms with Crippen LogP contribution in [0.4, 0.5) is 0 Å². The Kier molecular flexibility index (Phi) is 4.11. The number of rotatable bonds is 5. The van der Waals surface area contributed by atoms with Crippen LogP contribution in [0.25, 0.3) is 0 Å². The van der Waals surface area contributed by atoms with Gasteiger partial charge in [-0.3, -0.25) is 0 Å². The highest BCUT2D eigenvalue weighted by Gasteiger charge is 2.12. The minimum absolute atomic E-state index is 0.386. The molecule has 0 saturated carbocycles. The lowest BCUT2D eigenvalue weighted by atomic mass is 10.1. The van der Waals surface area contributed by atoms with Gasteiger partial charge in [0.1, 0.15) is 0 Å². The lowest BCUT2D eigenvalue weighted by molar-refractivity contribution is 0.0705. The molecule has 1 atom stereocenters. The van der Waals surface area contributed by atoms with E-state index in [1.165, 1.54) is 4.88 Å². The molecule has 0 aliphatic rings. The van der Waals surface area contributed by atoms with Crippen molar-refractivity contribution in [1.82, 2.24) is 5.32 Å². The first kappa shape index (κ1) is 11.7. The highest BCUT2D eigenvalue weighted by Crippen LogP contribution is 2.18. The molecular formula is C11H19NOS. The van der Waals surface area contributed by atoms with Gasteiger partial charge in [0.2, 0.25) is 0 Å². The first-order chi connectivity index (χ1) is 6.49. The summed E-state index contributed by atoms with van der Waals surface area (Å²) < 4.78 is 0. The van der Waals surface area contributed by atoms with Crippen LogP contribution in [-0.4, -0.2) is 17.3 Å². The van der Waals surface area contributed by atoms with Crippen LogP contribution in [0.5, 0.6) is 0 Å². The molecule has 0 unspecified atom stereocenters. The molecule has 14 heavy (non-hydrogen) atoms. The summed E-state index contributed by atoms with van der Waals surface area (Å²) in [6.07, 6.45) is 0.780. The molecule has 0 saturated heterocycles. The molecule has 0 aliphatic carbocycles. The van der Waals surface area contributed by atoms with E-state index in [4.69, 9.17) is 0 Å². The summed E-state index contributed by atoms with van der Waals surface area (Å²) in [6, 6.07) is 4.58. The lowest BCUT2D eigenvalue weighted by Gasteiger charge is -2.19. The zero-order chi connectivity index (χ0) is 10.6. The van der Waals surface area contributed by atoms with Crippen LogP contribution in [0.3, 0.4) is 0 Å².